The van der Waals surface area contributed by atoms with E-state index in [0.29, 0.717) is 31.1 Å². The van der Waals surface area contributed by atoms with E-state index in [1.165, 1.54) is 12.1 Å². The maximum Gasteiger partial charge on any atom is 0.411 e. The number of hydrogen-bond donors (Lipinski definition) is 1. The Balaban J connectivity index is 2.06. The highest BCUT2D eigenvalue weighted by molar-refractivity contribution is 6.31. The van der Waals surface area contributed by atoms with Gasteiger partial charge in [-0.2, -0.15) is 13.2 Å². The second kappa shape index (κ2) is 6.72. The maximum absolute atomic E-state index is 12.0. The molecule has 1 N–H and O–H groups in total. The Labute approximate surface area is 124 Å². The standard InChI is InChI=1S/C13H14ClF3O4/c14-9-5-12-11(20-2-1-3-21-12)4-8(9)10(18)6-19-7-13(15,16)17/h4-5,10,18H,1-3,6-7H2. The summed E-state index contributed by atoms with van der Waals surface area (Å²) in [6.07, 6.45) is -5.01. The third-order valence-corrected chi connectivity index (χ3v) is 3.09. The molecule has 1 atom stereocenters. The van der Waals surface area contributed by atoms with Crippen LogP contribution in [-0.4, -0.2) is 37.7 Å². The predicted molar refractivity (Wildman–Crippen MR) is 68.9 cm³/mol. The number of fused-ring (bicyclic) bond motifs is 1. The van der Waals surface area contributed by atoms with Crippen molar-refractivity contribution < 1.29 is 32.5 Å². The molecular weight excluding hydrogens is 313 g/mol. The van der Waals surface area contributed by atoms with Crippen LogP contribution >= 0.6 is 11.6 Å². The minimum atomic E-state index is -4.44. The zero-order valence-corrected chi connectivity index (χ0v) is 11.7. The van der Waals surface area contributed by atoms with Crippen molar-refractivity contribution in [3.8, 4) is 11.5 Å². The molecular formula is C13H14ClF3O4. The SMILES string of the molecule is OC(COCC(F)(F)F)c1cc2c(cc1Cl)OCCCO2. The van der Waals surface area contributed by atoms with Gasteiger partial charge in [0.1, 0.15) is 12.7 Å². The minimum Gasteiger partial charge on any atom is -0.490 e. The van der Waals surface area contributed by atoms with Gasteiger partial charge >= 0.3 is 6.18 Å². The molecule has 1 aromatic carbocycles. The Bertz CT molecular complexity index is 493. The number of benzene rings is 1. The largest absolute Gasteiger partial charge is 0.490 e. The first-order valence-corrected chi connectivity index (χ1v) is 6.66. The monoisotopic (exact) mass is 326 g/mol. The molecule has 8 heteroatoms. The van der Waals surface area contributed by atoms with Crippen LogP contribution in [0.1, 0.15) is 18.1 Å². The molecule has 0 bridgehead atoms. The lowest BCUT2D eigenvalue weighted by atomic mass is 10.1. The van der Waals surface area contributed by atoms with Crippen molar-refractivity contribution >= 4 is 11.6 Å². The highest BCUT2D eigenvalue weighted by Crippen LogP contribution is 2.37. The Morgan fingerprint density at radius 1 is 1.24 bits per heavy atom. The third kappa shape index (κ3) is 4.66. The second-order valence-electron chi connectivity index (χ2n) is 4.52. The van der Waals surface area contributed by atoms with Gasteiger partial charge in [-0.15, -0.1) is 0 Å². The van der Waals surface area contributed by atoms with E-state index in [9.17, 15) is 18.3 Å². The van der Waals surface area contributed by atoms with E-state index >= 15 is 0 Å². The Kier molecular flexibility index (Phi) is 5.18. The van der Waals surface area contributed by atoms with Crippen LogP contribution in [0.3, 0.4) is 0 Å². The molecule has 21 heavy (non-hydrogen) atoms. The highest BCUT2D eigenvalue weighted by Gasteiger charge is 2.28. The first-order chi connectivity index (χ1) is 9.87. The number of alkyl halides is 3. The Morgan fingerprint density at radius 2 is 1.86 bits per heavy atom. The molecule has 0 spiro atoms. The normalized spacial score (nSPS) is 16.4. The lowest BCUT2D eigenvalue weighted by Crippen LogP contribution is -2.19. The van der Waals surface area contributed by atoms with Crippen LogP contribution in [0, 0.1) is 0 Å². The van der Waals surface area contributed by atoms with Gasteiger partial charge in [0.05, 0.1) is 24.8 Å². The fourth-order valence-corrected chi connectivity index (χ4v) is 2.11. The fraction of sp³-hybridized carbons (Fsp3) is 0.538. The highest BCUT2D eigenvalue weighted by atomic mass is 35.5. The number of aliphatic hydroxyl groups is 1. The van der Waals surface area contributed by atoms with E-state index in [1.807, 2.05) is 0 Å². The molecule has 0 radical (unpaired) electrons. The predicted octanol–water partition coefficient (Wildman–Crippen LogP) is 3.11. The van der Waals surface area contributed by atoms with Crippen LogP contribution < -0.4 is 9.47 Å². The van der Waals surface area contributed by atoms with E-state index in [4.69, 9.17) is 21.1 Å². The molecule has 0 saturated heterocycles. The van der Waals surface area contributed by atoms with Gasteiger partial charge < -0.3 is 19.3 Å². The molecule has 0 aromatic heterocycles. The molecule has 1 heterocycles. The summed E-state index contributed by atoms with van der Waals surface area (Å²) in [6, 6.07) is 2.94. The Hall–Kier alpha value is -1.18. The van der Waals surface area contributed by atoms with Gasteiger partial charge in [-0.1, -0.05) is 11.6 Å². The van der Waals surface area contributed by atoms with E-state index in [2.05, 4.69) is 4.74 Å². The quantitative estimate of drug-likeness (QED) is 0.923. The summed E-state index contributed by atoms with van der Waals surface area (Å²) in [7, 11) is 0. The molecule has 0 amide bonds. The summed E-state index contributed by atoms with van der Waals surface area (Å²) in [4.78, 5) is 0. The summed E-state index contributed by atoms with van der Waals surface area (Å²) in [5.41, 5.74) is 0.239. The molecule has 0 aliphatic carbocycles. The first-order valence-electron chi connectivity index (χ1n) is 6.28. The molecule has 1 aliphatic heterocycles. The van der Waals surface area contributed by atoms with E-state index in [0.717, 1.165) is 0 Å². The van der Waals surface area contributed by atoms with Crippen molar-refractivity contribution in [2.75, 3.05) is 26.4 Å². The van der Waals surface area contributed by atoms with Gasteiger partial charge in [-0.25, -0.2) is 0 Å². The molecule has 0 fully saturated rings. The van der Waals surface area contributed by atoms with Gasteiger partial charge in [-0.3, -0.25) is 0 Å². The van der Waals surface area contributed by atoms with Crippen molar-refractivity contribution in [2.45, 2.75) is 18.7 Å². The summed E-state index contributed by atoms with van der Waals surface area (Å²) < 4.78 is 51.3. The van der Waals surface area contributed by atoms with Gasteiger partial charge in [-0.05, 0) is 6.07 Å². The van der Waals surface area contributed by atoms with E-state index in [1.54, 1.807) is 0 Å². The van der Waals surface area contributed by atoms with Crippen LogP contribution in [-0.2, 0) is 4.74 Å². The average Bonchev–Trinajstić information content (AvgIpc) is 2.60. The fourth-order valence-electron chi connectivity index (χ4n) is 1.83. The number of rotatable bonds is 4. The molecule has 4 nitrogen and oxygen atoms in total. The van der Waals surface area contributed by atoms with Gasteiger partial charge in [0.2, 0.25) is 0 Å². The van der Waals surface area contributed by atoms with Crippen molar-refractivity contribution in [3.05, 3.63) is 22.7 Å². The van der Waals surface area contributed by atoms with Crippen LogP contribution in [0.15, 0.2) is 12.1 Å². The molecule has 1 aliphatic rings. The van der Waals surface area contributed by atoms with Crippen molar-refractivity contribution in [2.24, 2.45) is 0 Å². The second-order valence-corrected chi connectivity index (χ2v) is 4.92. The van der Waals surface area contributed by atoms with Gasteiger partial charge in [0, 0.05) is 18.1 Å². The maximum atomic E-state index is 12.0. The Morgan fingerprint density at radius 3 is 2.48 bits per heavy atom. The van der Waals surface area contributed by atoms with Crippen molar-refractivity contribution in [1.29, 1.82) is 0 Å². The number of ether oxygens (including phenoxy) is 3. The summed E-state index contributed by atoms with van der Waals surface area (Å²) in [6.45, 7) is -1.00. The molecule has 1 aromatic rings. The third-order valence-electron chi connectivity index (χ3n) is 2.77. The average molecular weight is 327 g/mol. The first kappa shape index (κ1) is 16.2. The van der Waals surface area contributed by atoms with E-state index < -0.39 is 25.5 Å². The van der Waals surface area contributed by atoms with Crippen molar-refractivity contribution in [3.63, 3.8) is 0 Å². The molecule has 118 valence electrons. The van der Waals surface area contributed by atoms with E-state index in [-0.39, 0.29) is 10.6 Å². The molecule has 2 rings (SSSR count). The molecule has 0 saturated carbocycles. The summed E-state index contributed by atoms with van der Waals surface area (Å²) in [5.74, 6) is 0.853. The number of halogens is 4. The summed E-state index contributed by atoms with van der Waals surface area (Å²) >= 11 is 6.00. The smallest absolute Gasteiger partial charge is 0.411 e. The van der Waals surface area contributed by atoms with Crippen LogP contribution in [0.4, 0.5) is 13.2 Å². The lowest BCUT2D eigenvalue weighted by Gasteiger charge is -2.16. The van der Waals surface area contributed by atoms with Crippen molar-refractivity contribution in [1.82, 2.24) is 0 Å². The van der Waals surface area contributed by atoms with Gasteiger partial charge in [0.25, 0.3) is 0 Å². The van der Waals surface area contributed by atoms with Gasteiger partial charge in [0.15, 0.2) is 11.5 Å². The minimum absolute atomic E-state index is 0.183. The zero-order valence-electron chi connectivity index (χ0n) is 11.0. The molecule has 1 unspecified atom stereocenters. The topological polar surface area (TPSA) is 47.9 Å². The number of aliphatic hydroxyl groups excluding tert-OH is 1. The number of hydrogen-bond acceptors (Lipinski definition) is 4. The van der Waals surface area contributed by atoms with Crippen LogP contribution in [0.2, 0.25) is 5.02 Å². The van der Waals surface area contributed by atoms with Crippen LogP contribution in [0.25, 0.3) is 0 Å². The lowest BCUT2D eigenvalue weighted by molar-refractivity contribution is -0.179. The zero-order chi connectivity index (χ0) is 15.5. The summed E-state index contributed by atoms with van der Waals surface area (Å²) in [5, 5.41) is 10.1. The van der Waals surface area contributed by atoms with Crippen LogP contribution in [0.5, 0.6) is 11.5 Å².